The standard InChI is InChI=1S/C19H25N5O3S/c1-12-10-11-24(19(12,3)4)17-14(9-8-13(2)21-17)18(25)23-28(26,27)16-7-5-6-15(20)22-16/h5-9,12H,10-11H2,1-4H3,(H2,20,22)(H,23,25). The first-order valence-corrected chi connectivity index (χ1v) is 10.6. The maximum Gasteiger partial charge on any atom is 0.281 e. The van der Waals surface area contributed by atoms with Gasteiger partial charge in [-0.3, -0.25) is 4.79 Å². The van der Waals surface area contributed by atoms with Crippen molar-refractivity contribution in [1.82, 2.24) is 14.7 Å². The van der Waals surface area contributed by atoms with Crippen LogP contribution in [0.1, 0.15) is 43.2 Å². The number of aromatic nitrogens is 2. The van der Waals surface area contributed by atoms with E-state index in [1.54, 1.807) is 12.1 Å². The molecular formula is C19H25N5O3S. The Labute approximate surface area is 165 Å². The molecule has 1 aliphatic rings. The van der Waals surface area contributed by atoms with Gasteiger partial charge in [0.15, 0.2) is 5.03 Å². The summed E-state index contributed by atoms with van der Waals surface area (Å²) in [5.74, 6) is 0.205. The van der Waals surface area contributed by atoms with Crippen molar-refractivity contribution in [2.75, 3.05) is 17.2 Å². The van der Waals surface area contributed by atoms with Crippen molar-refractivity contribution in [3.8, 4) is 0 Å². The molecule has 1 aliphatic heterocycles. The van der Waals surface area contributed by atoms with E-state index in [1.165, 1.54) is 18.2 Å². The van der Waals surface area contributed by atoms with E-state index in [4.69, 9.17) is 5.73 Å². The second-order valence-electron chi connectivity index (χ2n) is 7.65. The average Bonchev–Trinajstić information content (AvgIpc) is 2.87. The third kappa shape index (κ3) is 3.66. The van der Waals surface area contributed by atoms with Crippen LogP contribution in [0.2, 0.25) is 0 Å². The molecule has 2 aromatic rings. The molecule has 1 amide bonds. The van der Waals surface area contributed by atoms with E-state index in [9.17, 15) is 13.2 Å². The number of nitrogens with one attached hydrogen (secondary N) is 1. The summed E-state index contributed by atoms with van der Waals surface area (Å²) >= 11 is 0. The van der Waals surface area contributed by atoms with Crippen molar-refractivity contribution in [2.24, 2.45) is 5.92 Å². The van der Waals surface area contributed by atoms with Gasteiger partial charge in [-0.15, -0.1) is 0 Å². The van der Waals surface area contributed by atoms with Crippen LogP contribution in [-0.4, -0.2) is 36.4 Å². The summed E-state index contributed by atoms with van der Waals surface area (Å²) in [5, 5.41) is -0.308. The minimum absolute atomic E-state index is 0.0563. The molecule has 0 aromatic carbocycles. The number of hydrogen-bond donors (Lipinski definition) is 2. The van der Waals surface area contributed by atoms with Crippen molar-refractivity contribution < 1.29 is 13.2 Å². The molecule has 3 N–H and O–H groups in total. The Hall–Kier alpha value is -2.68. The van der Waals surface area contributed by atoms with E-state index in [-0.39, 0.29) is 21.9 Å². The number of anilines is 2. The van der Waals surface area contributed by atoms with Crippen molar-refractivity contribution in [1.29, 1.82) is 0 Å². The monoisotopic (exact) mass is 403 g/mol. The number of nitrogens with zero attached hydrogens (tertiary/aromatic N) is 3. The summed E-state index contributed by atoms with van der Waals surface area (Å²) in [6.07, 6.45) is 0.967. The molecule has 3 heterocycles. The summed E-state index contributed by atoms with van der Waals surface area (Å²) in [7, 11) is -4.16. The lowest BCUT2D eigenvalue weighted by atomic mass is 9.90. The molecule has 0 radical (unpaired) electrons. The Morgan fingerprint density at radius 1 is 1.25 bits per heavy atom. The van der Waals surface area contributed by atoms with Crippen LogP contribution < -0.4 is 15.4 Å². The number of nitrogen functional groups attached to an aromatic ring is 1. The van der Waals surface area contributed by atoms with Gasteiger partial charge in [0.25, 0.3) is 15.9 Å². The molecule has 2 aromatic heterocycles. The second kappa shape index (κ2) is 7.05. The number of carbonyl (C=O) groups is 1. The molecular weight excluding hydrogens is 378 g/mol. The van der Waals surface area contributed by atoms with Crippen molar-refractivity contribution in [3.63, 3.8) is 0 Å². The van der Waals surface area contributed by atoms with E-state index in [1.807, 2.05) is 6.92 Å². The van der Waals surface area contributed by atoms with Gasteiger partial charge in [-0.25, -0.2) is 14.7 Å². The van der Waals surface area contributed by atoms with Crippen LogP contribution in [0, 0.1) is 12.8 Å². The first kappa shape index (κ1) is 20.1. The van der Waals surface area contributed by atoms with Gasteiger partial charge in [-0.1, -0.05) is 13.0 Å². The topological polar surface area (TPSA) is 118 Å². The molecule has 8 nitrogen and oxygen atoms in total. The zero-order chi connectivity index (χ0) is 20.7. The molecule has 1 unspecified atom stereocenters. The predicted molar refractivity (Wildman–Crippen MR) is 107 cm³/mol. The fourth-order valence-electron chi connectivity index (χ4n) is 3.34. The predicted octanol–water partition coefficient (Wildman–Crippen LogP) is 2.11. The summed E-state index contributed by atoms with van der Waals surface area (Å²) < 4.78 is 27.2. The minimum atomic E-state index is -4.16. The fourth-order valence-corrected chi connectivity index (χ4v) is 4.29. The molecule has 0 spiro atoms. The van der Waals surface area contributed by atoms with Gasteiger partial charge in [0, 0.05) is 17.8 Å². The summed E-state index contributed by atoms with van der Waals surface area (Å²) in [6, 6.07) is 7.52. The first-order valence-electron chi connectivity index (χ1n) is 9.07. The molecule has 0 saturated carbocycles. The third-order valence-electron chi connectivity index (χ3n) is 5.45. The first-order chi connectivity index (χ1) is 13.0. The summed E-state index contributed by atoms with van der Waals surface area (Å²) in [6.45, 7) is 8.94. The van der Waals surface area contributed by atoms with Crippen LogP contribution >= 0.6 is 0 Å². The zero-order valence-electron chi connectivity index (χ0n) is 16.4. The minimum Gasteiger partial charge on any atom is -0.384 e. The average molecular weight is 404 g/mol. The normalized spacial score (nSPS) is 18.9. The van der Waals surface area contributed by atoms with Crippen LogP contribution in [0.5, 0.6) is 0 Å². The molecule has 28 heavy (non-hydrogen) atoms. The smallest absolute Gasteiger partial charge is 0.281 e. The number of aryl methyl sites for hydroxylation is 1. The van der Waals surface area contributed by atoms with E-state index in [2.05, 4.69) is 40.4 Å². The van der Waals surface area contributed by atoms with E-state index < -0.39 is 15.9 Å². The molecule has 1 saturated heterocycles. The Kier molecular flexibility index (Phi) is 5.05. The Balaban J connectivity index is 1.97. The van der Waals surface area contributed by atoms with Gasteiger partial charge in [0.2, 0.25) is 0 Å². The third-order valence-corrected chi connectivity index (χ3v) is 6.68. The Bertz CT molecular complexity index is 1020. The number of pyridine rings is 2. The highest BCUT2D eigenvalue weighted by atomic mass is 32.2. The van der Waals surface area contributed by atoms with Crippen molar-refractivity contribution in [2.45, 2.75) is 44.7 Å². The highest BCUT2D eigenvalue weighted by Crippen LogP contribution is 2.38. The largest absolute Gasteiger partial charge is 0.384 e. The molecule has 0 bridgehead atoms. The van der Waals surface area contributed by atoms with Gasteiger partial charge < -0.3 is 10.6 Å². The molecule has 3 rings (SSSR count). The number of amides is 1. The van der Waals surface area contributed by atoms with Crippen LogP contribution in [0.15, 0.2) is 35.4 Å². The Morgan fingerprint density at radius 3 is 2.57 bits per heavy atom. The maximum atomic E-state index is 12.9. The van der Waals surface area contributed by atoms with Gasteiger partial charge >= 0.3 is 0 Å². The maximum absolute atomic E-state index is 12.9. The van der Waals surface area contributed by atoms with Crippen LogP contribution in [0.25, 0.3) is 0 Å². The highest BCUT2D eigenvalue weighted by molar-refractivity contribution is 7.90. The number of rotatable bonds is 4. The van der Waals surface area contributed by atoms with Gasteiger partial charge in [-0.2, -0.15) is 8.42 Å². The lowest BCUT2D eigenvalue weighted by Crippen LogP contribution is -2.43. The number of carbonyl (C=O) groups excluding carboxylic acids is 1. The van der Waals surface area contributed by atoms with E-state index in [0.717, 1.165) is 18.7 Å². The van der Waals surface area contributed by atoms with Crippen LogP contribution in [-0.2, 0) is 10.0 Å². The molecule has 9 heteroatoms. The van der Waals surface area contributed by atoms with Gasteiger partial charge in [0.1, 0.15) is 11.6 Å². The van der Waals surface area contributed by atoms with Gasteiger partial charge in [-0.05, 0) is 57.4 Å². The Morgan fingerprint density at radius 2 is 1.96 bits per heavy atom. The SMILES string of the molecule is Cc1ccc(C(=O)NS(=O)(=O)c2cccc(N)n2)c(N2CCC(C)C2(C)C)n1. The summed E-state index contributed by atoms with van der Waals surface area (Å²) in [5.41, 5.74) is 6.32. The second-order valence-corrected chi connectivity index (χ2v) is 9.28. The molecule has 1 atom stereocenters. The zero-order valence-corrected chi connectivity index (χ0v) is 17.2. The van der Waals surface area contributed by atoms with Crippen LogP contribution in [0.4, 0.5) is 11.6 Å². The van der Waals surface area contributed by atoms with Gasteiger partial charge in [0.05, 0.1) is 5.56 Å². The lowest BCUT2D eigenvalue weighted by molar-refractivity contribution is 0.0981. The fraction of sp³-hybridized carbons (Fsp3) is 0.421. The summed E-state index contributed by atoms with van der Waals surface area (Å²) in [4.78, 5) is 23.3. The lowest BCUT2D eigenvalue weighted by Gasteiger charge is -2.36. The van der Waals surface area contributed by atoms with E-state index in [0.29, 0.717) is 11.7 Å². The van der Waals surface area contributed by atoms with E-state index >= 15 is 0 Å². The van der Waals surface area contributed by atoms with Crippen LogP contribution in [0.3, 0.4) is 0 Å². The quantitative estimate of drug-likeness (QED) is 0.802. The molecule has 150 valence electrons. The number of sulfonamides is 1. The van der Waals surface area contributed by atoms with Crippen molar-refractivity contribution in [3.05, 3.63) is 41.6 Å². The number of nitrogens with two attached hydrogens (primary N) is 1. The number of hydrogen-bond acceptors (Lipinski definition) is 7. The van der Waals surface area contributed by atoms with Crippen molar-refractivity contribution >= 4 is 27.6 Å². The highest BCUT2D eigenvalue weighted by Gasteiger charge is 2.40. The molecule has 0 aliphatic carbocycles. The molecule has 1 fully saturated rings.